The highest BCUT2D eigenvalue weighted by molar-refractivity contribution is 7.17. The van der Waals surface area contributed by atoms with E-state index in [0.29, 0.717) is 11.5 Å². The third-order valence-corrected chi connectivity index (χ3v) is 4.69. The predicted molar refractivity (Wildman–Crippen MR) is 84.2 cm³/mol. The zero-order valence-corrected chi connectivity index (χ0v) is 13.2. The van der Waals surface area contributed by atoms with Gasteiger partial charge < -0.3 is 0 Å². The van der Waals surface area contributed by atoms with Crippen LogP contribution in [-0.2, 0) is 0 Å². The minimum atomic E-state index is -0.189. The van der Waals surface area contributed by atoms with Crippen LogP contribution in [0.4, 0.5) is 5.95 Å². The summed E-state index contributed by atoms with van der Waals surface area (Å²) in [6, 6.07) is 5.63. The van der Waals surface area contributed by atoms with Crippen molar-refractivity contribution in [3.05, 3.63) is 45.5 Å². The molecule has 21 heavy (non-hydrogen) atoms. The molecule has 3 rings (SSSR count). The first-order valence-corrected chi connectivity index (χ1v) is 7.48. The molecule has 1 aromatic carbocycles. The molecule has 0 atom stereocenters. The molecule has 1 N–H and O–H groups in total. The fraction of sp³-hybridized carbons (Fsp3) is 0.267. The summed E-state index contributed by atoms with van der Waals surface area (Å²) in [4.78, 5) is 18.5. The van der Waals surface area contributed by atoms with Gasteiger partial charge in [0.15, 0.2) is 0 Å². The fourth-order valence-corrected chi connectivity index (χ4v) is 2.96. The summed E-state index contributed by atoms with van der Waals surface area (Å²) in [5.41, 5.74) is 3.92. The summed E-state index contributed by atoms with van der Waals surface area (Å²) < 4.78 is 1.76. The van der Waals surface area contributed by atoms with Gasteiger partial charge in [-0.1, -0.05) is 17.4 Å². The number of aromatic nitrogens is 3. The summed E-state index contributed by atoms with van der Waals surface area (Å²) in [5.74, 6) is 0.151. The number of amides is 1. The molecule has 1 amide bonds. The van der Waals surface area contributed by atoms with E-state index >= 15 is 0 Å². The number of carbonyl (C=O) groups is 1. The summed E-state index contributed by atoms with van der Waals surface area (Å²) in [6.07, 6.45) is 0. The monoisotopic (exact) mass is 300 g/mol. The number of rotatable bonds is 2. The number of carbonyl (C=O) groups excluding carboxylic acids is 1. The van der Waals surface area contributed by atoms with E-state index in [-0.39, 0.29) is 5.91 Å². The van der Waals surface area contributed by atoms with E-state index in [1.807, 2.05) is 45.9 Å². The number of thiazole rings is 1. The highest BCUT2D eigenvalue weighted by atomic mass is 32.1. The van der Waals surface area contributed by atoms with Crippen molar-refractivity contribution < 1.29 is 4.79 Å². The number of hydrogen-bond donors (Lipinski definition) is 1. The summed E-state index contributed by atoms with van der Waals surface area (Å²) in [7, 11) is 0. The molecular weight excluding hydrogens is 284 g/mol. The Balaban J connectivity index is 1.87. The molecule has 0 aliphatic rings. The van der Waals surface area contributed by atoms with Crippen molar-refractivity contribution in [2.75, 3.05) is 5.32 Å². The van der Waals surface area contributed by atoms with Crippen LogP contribution in [0.5, 0.6) is 0 Å². The van der Waals surface area contributed by atoms with E-state index in [4.69, 9.17) is 0 Å². The third-order valence-electron chi connectivity index (χ3n) is 3.64. The van der Waals surface area contributed by atoms with Crippen molar-refractivity contribution in [2.45, 2.75) is 27.7 Å². The molecule has 2 aromatic heterocycles. The van der Waals surface area contributed by atoms with Gasteiger partial charge in [0.1, 0.15) is 0 Å². The van der Waals surface area contributed by atoms with E-state index in [0.717, 1.165) is 16.2 Å². The van der Waals surface area contributed by atoms with Crippen molar-refractivity contribution in [1.29, 1.82) is 0 Å². The molecule has 0 fully saturated rings. The van der Waals surface area contributed by atoms with Crippen LogP contribution < -0.4 is 5.32 Å². The molecule has 5 nitrogen and oxygen atoms in total. The van der Waals surface area contributed by atoms with Gasteiger partial charge in [-0.05, 0) is 51.0 Å². The van der Waals surface area contributed by atoms with E-state index < -0.39 is 0 Å². The SMILES string of the molecule is Cc1ccc(C(=O)Nc2nc3sc(C)c(C)n3n2)cc1C. The quantitative estimate of drug-likeness (QED) is 0.790. The molecule has 0 spiro atoms. The second-order valence-corrected chi connectivity index (χ2v) is 6.31. The van der Waals surface area contributed by atoms with Gasteiger partial charge >= 0.3 is 0 Å². The number of fused-ring (bicyclic) bond motifs is 1. The maximum Gasteiger partial charge on any atom is 0.258 e. The number of anilines is 1. The first-order chi connectivity index (χ1) is 9.95. The topological polar surface area (TPSA) is 59.3 Å². The Morgan fingerprint density at radius 2 is 1.95 bits per heavy atom. The van der Waals surface area contributed by atoms with Gasteiger partial charge in [-0.15, -0.1) is 5.10 Å². The van der Waals surface area contributed by atoms with Crippen LogP contribution in [0.1, 0.15) is 32.1 Å². The second-order valence-electron chi connectivity index (χ2n) is 5.13. The van der Waals surface area contributed by atoms with Gasteiger partial charge in [-0.2, -0.15) is 4.98 Å². The highest BCUT2D eigenvalue weighted by Gasteiger charge is 2.14. The van der Waals surface area contributed by atoms with Crippen molar-refractivity contribution in [2.24, 2.45) is 0 Å². The van der Waals surface area contributed by atoms with Crippen molar-refractivity contribution in [3.63, 3.8) is 0 Å². The van der Waals surface area contributed by atoms with Gasteiger partial charge in [0.2, 0.25) is 4.96 Å². The lowest BCUT2D eigenvalue weighted by Gasteiger charge is -2.04. The molecule has 2 heterocycles. The molecule has 0 saturated heterocycles. The van der Waals surface area contributed by atoms with Crippen molar-refractivity contribution in [3.8, 4) is 0 Å². The Bertz CT molecular complexity index is 847. The van der Waals surface area contributed by atoms with Crippen LogP contribution in [0.3, 0.4) is 0 Å². The largest absolute Gasteiger partial charge is 0.289 e. The lowest BCUT2D eigenvalue weighted by Crippen LogP contribution is -2.13. The van der Waals surface area contributed by atoms with Crippen LogP contribution in [0.15, 0.2) is 18.2 Å². The lowest BCUT2D eigenvalue weighted by atomic mass is 10.1. The third kappa shape index (κ3) is 2.42. The van der Waals surface area contributed by atoms with E-state index in [2.05, 4.69) is 15.4 Å². The van der Waals surface area contributed by atoms with Crippen molar-refractivity contribution >= 4 is 28.2 Å². The molecule has 6 heteroatoms. The molecule has 0 unspecified atom stereocenters. The van der Waals surface area contributed by atoms with E-state index in [1.165, 1.54) is 10.4 Å². The number of aryl methyl sites for hydroxylation is 4. The van der Waals surface area contributed by atoms with Gasteiger partial charge in [0.25, 0.3) is 11.9 Å². The first kappa shape index (κ1) is 13.8. The number of hydrogen-bond acceptors (Lipinski definition) is 4. The maximum absolute atomic E-state index is 12.2. The second kappa shape index (κ2) is 4.96. The molecule has 3 aromatic rings. The minimum absolute atomic E-state index is 0.189. The van der Waals surface area contributed by atoms with Crippen LogP contribution in [0.25, 0.3) is 4.96 Å². The Hall–Kier alpha value is -2.21. The van der Waals surface area contributed by atoms with Crippen LogP contribution in [0, 0.1) is 27.7 Å². The van der Waals surface area contributed by atoms with Gasteiger partial charge in [-0.3, -0.25) is 10.1 Å². The molecule has 108 valence electrons. The smallest absolute Gasteiger partial charge is 0.258 e. The first-order valence-electron chi connectivity index (χ1n) is 6.67. The summed E-state index contributed by atoms with van der Waals surface area (Å²) in [6.45, 7) is 8.03. The molecule has 0 bridgehead atoms. The predicted octanol–water partition coefficient (Wildman–Crippen LogP) is 3.28. The molecular formula is C15H16N4OS. The Morgan fingerprint density at radius 1 is 1.19 bits per heavy atom. The average Bonchev–Trinajstić information content (AvgIpc) is 2.93. The summed E-state index contributed by atoms with van der Waals surface area (Å²) >= 11 is 1.56. The van der Waals surface area contributed by atoms with Crippen molar-refractivity contribution in [1.82, 2.24) is 14.6 Å². The highest BCUT2D eigenvalue weighted by Crippen LogP contribution is 2.21. The average molecular weight is 300 g/mol. The van der Waals surface area contributed by atoms with Gasteiger partial charge in [-0.25, -0.2) is 4.52 Å². The van der Waals surface area contributed by atoms with Gasteiger partial charge in [0.05, 0.1) is 5.69 Å². The van der Waals surface area contributed by atoms with Gasteiger partial charge in [0, 0.05) is 10.4 Å². The zero-order chi connectivity index (χ0) is 15.1. The number of nitrogens with zero attached hydrogens (tertiary/aromatic N) is 3. The van der Waals surface area contributed by atoms with E-state index in [9.17, 15) is 4.79 Å². The zero-order valence-electron chi connectivity index (χ0n) is 12.4. The van der Waals surface area contributed by atoms with Crippen LogP contribution >= 0.6 is 11.3 Å². The van der Waals surface area contributed by atoms with E-state index in [1.54, 1.807) is 15.9 Å². The Labute approximate surface area is 126 Å². The molecule has 0 aliphatic heterocycles. The minimum Gasteiger partial charge on any atom is -0.289 e. The van der Waals surface area contributed by atoms with Crippen LogP contribution in [-0.4, -0.2) is 20.5 Å². The van der Waals surface area contributed by atoms with Crippen LogP contribution in [0.2, 0.25) is 0 Å². The molecule has 0 aliphatic carbocycles. The molecule has 0 radical (unpaired) electrons. The summed E-state index contributed by atoms with van der Waals surface area (Å²) in [5, 5.41) is 7.07. The fourth-order valence-electron chi connectivity index (χ4n) is 2.05. The Kier molecular flexibility index (Phi) is 3.25. The standard InChI is InChI=1S/C15H16N4OS/c1-8-5-6-12(7-9(8)2)13(20)16-14-17-15-19(18-14)10(3)11(4)21-15/h5-7H,1-4H3,(H,16,18,20). The maximum atomic E-state index is 12.2. The lowest BCUT2D eigenvalue weighted by molar-refractivity contribution is 0.102. The normalized spacial score (nSPS) is 11.0. The number of benzene rings is 1. The Morgan fingerprint density at radius 3 is 2.62 bits per heavy atom. The number of nitrogens with one attached hydrogen (secondary N) is 1. The molecule has 0 saturated carbocycles.